The van der Waals surface area contributed by atoms with E-state index >= 15 is 0 Å². The Bertz CT molecular complexity index is 8050. The average molecular weight is 2150 g/mol. The Morgan fingerprint density at radius 3 is 1.29 bits per heavy atom. The highest BCUT2D eigenvalue weighted by molar-refractivity contribution is 7.92. The second-order valence-corrected chi connectivity index (χ2v) is 47.3. The molecule has 0 unspecified atom stereocenters. The van der Waals surface area contributed by atoms with E-state index in [1.165, 1.54) is 55.8 Å². The molecule has 15 aromatic rings. The van der Waals surface area contributed by atoms with Gasteiger partial charge in [-0.15, -0.1) is 45.3 Å². The number of morpholine rings is 4. The molecule has 3 N–H and O–H groups in total. The maximum atomic E-state index is 13.2. The first kappa shape index (κ1) is 104. The number of benzene rings is 5. The third-order valence-corrected chi connectivity index (χ3v) is 34.8. The molecule has 6 aliphatic rings. The zero-order valence-corrected chi connectivity index (χ0v) is 87.2. The Morgan fingerprint density at radius 2 is 0.857 bits per heavy atom. The van der Waals surface area contributed by atoms with Crippen LogP contribution in [0.4, 0.5) is 29.0 Å². The molecule has 2 amide bonds. The minimum Gasteiger partial charge on any atom is -0.508 e. The first-order chi connectivity index (χ1) is 70.6. The summed E-state index contributed by atoms with van der Waals surface area (Å²) >= 11 is 6.15. The number of fused-ring (bicyclic) bond motifs is 6. The van der Waals surface area contributed by atoms with Gasteiger partial charge in [0.25, 0.3) is 22.7 Å². The van der Waals surface area contributed by atoms with Crippen molar-refractivity contribution in [3.8, 4) is 68.5 Å². The van der Waals surface area contributed by atoms with Gasteiger partial charge >= 0.3 is 10.1 Å². The molecule has 0 bridgehead atoms. The number of hydrogen-bond acceptors (Lipinski definition) is 39. The van der Waals surface area contributed by atoms with Gasteiger partial charge in [-0.3, -0.25) is 34.1 Å². The van der Waals surface area contributed by atoms with Gasteiger partial charge in [-0.25, -0.2) is 65.1 Å². The van der Waals surface area contributed by atoms with Crippen LogP contribution in [-0.4, -0.2) is 299 Å². The second-order valence-electron chi connectivity index (χ2n) is 35.2. The molecule has 6 aromatic carbocycles. The predicted octanol–water partition coefficient (Wildman–Crippen LogP) is 11.5. The van der Waals surface area contributed by atoms with E-state index in [0.29, 0.717) is 181 Å². The summed E-state index contributed by atoms with van der Waals surface area (Å²) in [6.07, 6.45) is 1.60. The lowest BCUT2D eigenvalue weighted by Gasteiger charge is -2.34. The third kappa shape index (κ3) is 23.4. The monoisotopic (exact) mass is 2150 g/mol. The first-order valence-corrected chi connectivity index (χ1v) is 56.3. The van der Waals surface area contributed by atoms with Crippen LogP contribution >= 0.6 is 45.3 Å². The van der Waals surface area contributed by atoms with Crippen molar-refractivity contribution in [3.05, 3.63) is 233 Å². The fourth-order valence-electron chi connectivity index (χ4n) is 17.3. The Kier molecular flexibility index (Phi) is 31.4. The number of phenols is 2. The number of carbonyl (C=O) groups is 2. The minimum atomic E-state index is -3.91. The smallest absolute Gasteiger partial charge is 0.331 e. The van der Waals surface area contributed by atoms with Crippen molar-refractivity contribution in [2.24, 2.45) is 0 Å². The topological polar surface area (TPSA) is 465 Å². The Morgan fingerprint density at radius 1 is 0.456 bits per heavy atom. The number of sulfonamides is 3. The Hall–Kier alpha value is -13.2. The van der Waals surface area contributed by atoms with Crippen LogP contribution < -0.4 is 44.3 Å². The normalized spacial score (nSPS) is 15.8. The van der Waals surface area contributed by atoms with Crippen LogP contribution in [0.2, 0.25) is 0 Å². The molecule has 0 aliphatic carbocycles. The number of nitrogens with one attached hydrogen (secondary N) is 1. The van der Waals surface area contributed by atoms with Gasteiger partial charge in [0.15, 0.2) is 52.3 Å². The van der Waals surface area contributed by atoms with Crippen molar-refractivity contribution >= 4 is 178 Å². The molecule has 768 valence electrons. The molecule has 5 saturated heterocycles. The minimum absolute atomic E-state index is 0.112. The summed E-state index contributed by atoms with van der Waals surface area (Å²) < 4.78 is 139. The third-order valence-electron chi connectivity index (χ3n) is 24.9. The first-order valence-electron chi connectivity index (χ1n) is 46.9. The molecule has 0 atom stereocenters. The number of ether oxygens (including phenoxy) is 5. The van der Waals surface area contributed by atoms with E-state index in [9.17, 15) is 63.1 Å². The van der Waals surface area contributed by atoms with Gasteiger partial charge in [-0.05, 0) is 92.7 Å². The molecule has 0 radical (unpaired) electrons. The summed E-state index contributed by atoms with van der Waals surface area (Å²) in [5.41, 5.74) is 6.77. The fourth-order valence-corrected chi connectivity index (χ4v) is 25.1. The van der Waals surface area contributed by atoms with Crippen molar-refractivity contribution in [2.45, 2.75) is 46.1 Å². The van der Waals surface area contributed by atoms with Crippen LogP contribution in [0.15, 0.2) is 191 Å². The van der Waals surface area contributed by atoms with Crippen molar-refractivity contribution in [1.82, 2.24) is 72.8 Å². The van der Waals surface area contributed by atoms with Gasteiger partial charge in [-0.2, -0.15) is 26.4 Å². The number of thiophene rings is 4. The molecule has 147 heavy (non-hydrogen) atoms. The van der Waals surface area contributed by atoms with Crippen molar-refractivity contribution < 1.29 is 81.3 Å². The Balaban J connectivity index is 0.000000130. The van der Waals surface area contributed by atoms with Gasteiger partial charge in [0.1, 0.15) is 22.9 Å². The predicted molar refractivity (Wildman–Crippen MR) is 569 cm³/mol. The molecule has 5 fully saturated rings. The van der Waals surface area contributed by atoms with Crippen LogP contribution in [0.3, 0.4) is 0 Å². The number of rotatable bonds is 30. The van der Waals surface area contributed by atoms with Crippen molar-refractivity contribution in [3.63, 3.8) is 0 Å². The largest absolute Gasteiger partial charge is 0.508 e. The second kappa shape index (κ2) is 44.5. The number of imide groups is 1. The number of H-pyrrole nitrogens is 1. The number of nitrogens with zero attached hydrogens (tertiary/aromatic N) is 19. The molecular weight excluding hydrogens is 2050 g/mol. The van der Waals surface area contributed by atoms with Crippen LogP contribution in [0.1, 0.15) is 54.1 Å². The van der Waals surface area contributed by atoms with Crippen LogP contribution in [0, 0.1) is 0 Å². The summed E-state index contributed by atoms with van der Waals surface area (Å²) in [7, 11) is -9.86. The number of aromatic nitrogens is 10. The zero-order chi connectivity index (χ0) is 103. The SMILES string of the molecule is C=CS(=O)(=O)N(C)Cc1cc2nc(-c3cccc(O)c3)nc(N3CCOCC3)c2s1.C=CS(=O)(=O)Oc1cccc(-c2nc(N3CCOCC3)c3sc(CN(C)S(=O)(=O)C=C)cc3n2)c1.CC(C)Oc1c(N(C)Cc2cc3nc(-c4cccc(O)c4)nc(N4CCOCC4)c3s2)c(=O)c1=O.O=C1c2ccccc2C(=O)N1CCS(=O)(=O)N1CCN(Cc2cc3nc(-c4cccc5[nH]ncc45)nc(N4CCOCC4)c3s2)CC1. The highest BCUT2D eigenvalue weighted by Gasteiger charge is 2.39. The van der Waals surface area contributed by atoms with E-state index in [1.54, 1.807) is 120 Å². The van der Waals surface area contributed by atoms with E-state index < -0.39 is 62.9 Å². The number of hydrogen-bond donors (Lipinski definition) is 3. The van der Waals surface area contributed by atoms with Crippen molar-refractivity contribution in [1.29, 1.82) is 0 Å². The molecular formula is C99H104N20O20S8. The van der Waals surface area contributed by atoms with Gasteiger partial charge < -0.3 is 62.6 Å². The molecule has 21 rings (SSSR count). The maximum absolute atomic E-state index is 13.2. The summed E-state index contributed by atoms with van der Waals surface area (Å²) in [5, 5.41) is 30.6. The molecule has 0 saturated carbocycles. The van der Waals surface area contributed by atoms with Gasteiger partial charge in [0.2, 0.25) is 30.1 Å². The van der Waals surface area contributed by atoms with E-state index in [1.807, 2.05) is 62.4 Å². The van der Waals surface area contributed by atoms with Crippen LogP contribution in [-0.2, 0) is 85.3 Å². The van der Waals surface area contributed by atoms with E-state index in [0.717, 1.165) is 142 Å². The lowest BCUT2D eigenvalue weighted by atomic mass is 10.1. The number of piperazine rings is 1. The number of aromatic hydroxyl groups is 2. The number of aromatic amines is 1. The van der Waals surface area contributed by atoms with Gasteiger partial charge in [0.05, 0.1) is 140 Å². The molecule has 15 heterocycles. The molecule has 6 aliphatic heterocycles. The van der Waals surface area contributed by atoms with Gasteiger partial charge in [-0.1, -0.05) is 80.4 Å². The molecule has 40 nitrogen and oxygen atoms in total. The van der Waals surface area contributed by atoms with Crippen LogP contribution in [0.25, 0.3) is 97.3 Å². The molecule has 0 spiro atoms. The summed E-state index contributed by atoms with van der Waals surface area (Å²) in [4.78, 5) is 106. The quantitative estimate of drug-likeness (QED) is 0.0214. The van der Waals surface area contributed by atoms with Gasteiger partial charge in [0, 0.05) is 184 Å². The van der Waals surface area contributed by atoms with E-state index in [4.69, 9.17) is 67.7 Å². The lowest BCUT2D eigenvalue weighted by Crippen LogP contribution is -2.49. The maximum Gasteiger partial charge on any atom is 0.331 e. The number of amides is 2. The standard InChI is InChI=1S/C32H32N8O5S2.C25H26N4O5S.C22H24N4O6S3.C20H22N4O4S2/c41-31-23-4-1-2-5-24(23)32(42)40(31)14-17-47(43,44)39-10-8-37(9-11-39)20-21-18-27-28(46-21)30(38-12-15-45-16-13-38)35-29(34-27)22-6-3-7-26-25(22)19-33-36-26;1-14(2)34-22-19(20(31)21(22)32)28(3)13-17-12-18-23(35-17)25(29-7-9-33-10-8-29)27-24(26-18)15-5-4-6-16(30)11-15;1-4-34(27,28)25(3)15-18-14-19-20(33-18)22(26-9-11-31-12-10-26)24-21(23-19)16-7-6-8-17(13-16)32-35(29,30)5-2;1-3-30(26,27)23(2)13-16-12-17-18(29-16)20(24-7-9-28-10-8-24)22-19(21-17)14-5-4-6-15(25)11-14/h1-7,18-19H,8-17,20H2,(H,33,36);4-6,11-12,14,30H,7-10,13H2,1-3H3;4-8,13-14H,1-2,9-12,15H2,3H3;3-6,11-12,25H,1,7-10,13H2,2H3. The lowest BCUT2D eigenvalue weighted by molar-refractivity contribution is 0.0663. The number of phenolic OH excluding ortho intramolecular Hbond substituents is 2. The molecule has 48 heteroatoms. The number of anilines is 5. The van der Waals surface area contributed by atoms with Crippen molar-refractivity contribution in [2.75, 3.05) is 189 Å². The van der Waals surface area contributed by atoms with Crippen LogP contribution in [0.5, 0.6) is 23.0 Å². The Labute approximate surface area is 862 Å². The molecule has 9 aromatic heterocycles. The zero-order valence-electron chi connectivity index (χ0n) is 80.7. The summed E-state index contributed by atoms with van der Waals surface area (Å²) in [5.74, 6) is 4.67. The van der Waals surface area contributed by atoms with E-state index in [-0.39, 0.29) is 54.5 Å². The highest BCUT2D eigenvalue weighted by Crippen LogP contribution is 2.43. The highest BCUT2D eigenvalue weighted by atomic mass is 32.2. The van der Waals surface area contributed by atoms with E-state index in [2.05, 4.69) is 60.5 Å². The summed E-state index contributed by atoms with van der Waals surface area (Å²) in [6.45, 7) is 27.3. The number of carbonyl (C=O) groups excluding carboxylic acids is 2. The summed E-state index contributed by atoms with van der Waals surface area (Å²) in [6, 6.07) is 40.6. The average Bonchev–Trinajstić information content (AvgIpc) is 1.63. The fraction of sp³-hybridized carbons (Fsp3) is 0.323.